The Hall–Kier alpha value is -0.850. The van der Waals surface area contributed by atoms with E-state index >= 15 is 0 Å². The van der Waals surface area contributed by atoms with Gasteiger partial charge >= 0.3 is 6.09 Å². The minimum Gasteiger partial charge on any atom is -0.453 e. The number of likely N-dealkylation sites (N-methyl/N-ethyl adjacent to an activating group) is 1. The van der Waals surface area contributed by atoms with E-state index in [1.54, 1.807) is 0 Å². The van der Waals surface area contributed by atoms with Crippen molar-refractivity contribution in [3.05, 3.63) is 0 Å². The van der Waals surface area contributed by atoms with Gasteiger partial charge in [-0.3, -0.25) is 4.90 Å². The van der Waals surface area contributed by atoms with Crippen molar-refractivity contribution in [2.45, 2.75) is 39.2 Å². The van der Waals surface area contributed by atoms with Crippen molar-refractivity contribution in [1.82, 2.24) is 20.0 Å². The number of hydrogen-bond donors (Lipinski definition) is 1. The first-order chi connectivity index (χ1) is 11.1. The fraction of sp³-hybridized carbons (Fsp3) is 0.941. The molecule has 2 rings (SSSR count). The van der Waals surface area contributed by atoms with Crippen LogP contribution >= 0.6 is 0 Å². The Kier molecular flexibility index (Phi) is 8.87. The number of nitrogens with zero attached hydrogens (tertiary/aromatic N) is 3. The van der Waals surface area contributed by atoms with Gasteiger partial charge in [0, 0.05) is 45.8 Å². The Balaban J connectivity index is 0.00000127. The standard InChI is InChI=1S/C15H30N4O2.C2H6/c1-4-18-9-11-19(12-10-18)13-15(16-14(20)21-3)5-7-17(2)8-6-15;1-2/h4-13H2,1-3H3,(H,16,20);1-2H3. The molecule has 2 saturated heterocycles. The lowest BCUT2D eigenvalue weighted by molar-refractivity contribution is 0.0674. The van der Waals surface area contributed by atoms with Crippen LogP contribution in [0.25, 0.3) is 0 Å². The number of nitrogens with one attached hydrogen (secondary N) is 1. The molecule has 0 atom stereocenters. The molecule has 1 N–H and O–H groups in total. The highest BCUT2D eigenvalue weighted by molar-refractivity contribution is 5.68. The average Bonchev–Trinajstić information content (AvgIpc) is 2.60. The summed E-state index contributed by atoms with van der Waals surface area (Å²) in [6.45, 7) is 14.8. The topological polar surface area (TPSA) is 48.1 Å². The summed E-state index contributed by atoms with van der Waals surface area (Å²) >= 11 is 0. The number of ether oxygens (including phenoxy) is 1. The Morgan fingerprint density at radius 2 is 1.57 bits per heavy atom. The van der Waals surface area contributed by atoms with E-state index in [4.69, 9.17) is 4.74 Å². The van der Waals surface area contributed by atoms with Gasteiger partial charge in [-0.1, -0.05) is 20.8 Å². The normalized spacial score (nSPS) is 22.8. The molecule has 2 fully saturated rings. The fourth-order valence-electron chi connectivity index (χ4n) is 3.33. The van der Waals surface area contributed by atoms with E-state index in [1.165, 1.54) is 7.11 Å². The number of methoxy groups -OCH3 is 1. The maximum absolute atomic E-state index is 11.7. The molecule has 2 aliphatic heterocycles. The van der Waals surface area contributed by atoms with Crippen LogP contribution in [-0.4, -0.2) is 92.8 Å². The van der Waals surface area contributed by atoms with Gasteiger partial charge in [0.2, 0.25) is 0 Å². The van der Waals surface area contributed by atoms with E-state index in [9.17, 15) is 4.79 Å². The lowest BCUT2D eigenvalue weighted by Crippen LogP contribution is -2.62. The summed E-state index contributed by atoms with van der Waals surface area (Å²) in [6, 6.07) is 0. The molecule has 23 heavy (non-hydrogen) atoms. The molecule has 6 heteroatoms. The summed E-state index contributed by atoms with van der Waals surface area (Å²) in [5, 5.41) is 3.13. The van der Waals surface area contributed by atoms with Gasteiger partial charge < -0.3 is 19.9 Å². The summed E-state index contributed by atoms with van der Waals surface area (Å²) in [5.74, 6) is 0. The van der Waals surface area contributed by atoms with Crippen LogP contribution in [-0.2, 0) is 4.74 Å². The van der Waals surface area contributed by atoms with Gasteiger partial charge in [-0.05, 0) is 26.4 Å². The number of rotatable bonds is 4. The van der Waals surface area contributed by atoms with E-state index in [2.05, 4.69) is 34.0 Å². The average molecular weight is 329 g/mol. The van der Waals surface area contributed by atoms with Crippen LogP contribution in [0.5, 0.6) is 0 Å². The third-order valence-electron chi connectivity index (χ3n) is 4.94. The number of likely N-dealkylation sites (tertiary alicyclic amines) is 1. The summed E-state index contributed by atoms with van der Waals surface area (Å²) in [4.78, 5) is 19.0. The zero-order valence-corrected chi connectivity index (χ0v) is 15.7. The van der Waals surface area contributed by atoms with E-state index < -0.39 is 0 Å². The molecule has 0 bridgehead atoms. The first-order valence-electron chi connectivity index (χ1n) is 9.06. The molecule has 0 radical (unpaired) electrons. The van der Waals surface area contributed by atoms with E-state index in [1.807, 2.05) is 13.8 Å². The number of amides is 1. The van der Waals surface area contributed by atoms with Gasteiger partial charge in [-0.2, -0.15) is 0 Å². The molecule has 136 valence electrons. The third-order valence-corrected chi connectivity index (χ3v) is 4.94. The van der Waals surface area contributed by atoms with Crippen LogP contribution in [0.15, 0.2) is 0 Å². The SMILES string of the molecule is CC.CCN1CCN(CC2(NC(=O)OC)CCN(C)CC2)CC1. The van der Waals surface area contributed by atoms with Gasteiger partial charge in [-0.15, -0.1) is 0 Å². The highest BCUT2D eigenvalue weighted by Crippen LogP contribution is 2.24. The molecule has 6 nitrogen and oxygen atoms in total. The first kappa shape index (κ1) is 20.2. The van der Waals surface area contributed by atoms with Gasteiger partial charge in [-0.25, -0.2) is 4.79 Å². The van der Waals surface area contributed by atoms with E-state index in [0.717, 1.165) is 65.2 Å². The Bertz CT molecular complexity index is 335. The minimum atomic E-state index is -0.299. The van der Waals surface area contributed by atoms with Crippen molar-refractivity contribution >= 4 is 6.09 Å². The predicted molar refractivity (Wildman–Crippen MR) is 94.9 cm³/mol. The van der Waals surface area contributed by atoms with Crippen molar-refractivity contribution in [3.63, 3.8) is 0 Å². The smallest absolute Gasteiger partial charge is 0.407 e. The number of hydrogen-bond acceptors (Lipinski definition) is 5. The van der Waals surface area contributed by atoms with Gasteiger partial charge in [0.05, 0.1) is 12.6 Å². The largest absolute Gasteiger partial charge is 0.453 e. The van der Waals surface area contributed by atoms with Gasteiger partial charge in [0.25, 0.3) is 0 Å². The molecule has 0 aromatic heterocycles. The summed E-state index contributed by atoms with van der Waals surface area (Å²) in [6.07, 6.45) is 1.69. The van der Waals surface area contributed by atoms with Crippen LogP contribution in [0.1, 0.15) is 33.6 Å². The zero-order chi connectivity index (χ0) is 17.3. The molecule has 0 aromatic carbocycles. The quantitative estimate of drug-likeness (QED) is 0.847. The maximum atomic E-state index is 11.7. The van der Waals surface area contributed by atoms with E-state index in [0.29, 0.717) is 0 Å². The molecule has 0 saturated carbocycles. The van der Waals surface area contributed by atoms with Crippen molar-refractivity contribution < 1.29 is 9.53 Å². The highest BCUT2D eigenvalue weighted by Gasteiger charge is 2.37. The zero-order valence-electron chi connectivity index (χ0n) is 15.7. The molecule has 0 spiro atoms. The molecule has 2 heterocycles. The molecule has 0 aromatic rings. The summed E-state index contributed by atoms with van der Waals surface area (Å²) in [5.41, 5.74) is -0.131. The van der Waals surface area contributed by atoms with Crippen molar-refractivity contribution in [3.8, 4) is 0 Å². The van der Waals surface area contributed by atoms with Gasteiger partial charge in [0.1, 0.15) is 0 Å². The monoisotopic (exact) mass is 328 g/mol. The fourth-order valence-corrected chi connectivity index (χ4v) is 3.33. The molecule has 0 unspecified atom stereocenters. The van der Waals surface area contributed by atoms with Crippen molar-refractivity contribution in [2.75, 3.05) is 66.5 Å². The van der Waals surface area contributed by atoms with E-state index in [-0.39, 0.29) is 11.6 Å². The Labute approximate surface area is 142 Å². The molecular weight excluding hydrogens is 292 g/mol. The first-order valence-corrected chi connectivity index (χ1v) is 9.06. The second-order valence-corrected chi connectivity index (χ2v) is 6.41. The van der Waals surface area contributed by atoms with Crippen LogP contribution < -0.4 is 5.32 Å². The van der Waals surface area contributed by atoms with Crippen LogP contribution in [0.3, 0.4) is 0 Å². The van der Waals surface area contributed by atoms with Crippen molar-refractivity contribution in [2.24, 2.45) is 0 Å². The summed E-state index contributed by atoms with van der Waals surface area (Å²) < 4.78 is 4.84. The minimum absolute atomic E-state index is 0.131. The number of alkyl carbamates (subject to hydrolysis) is 1. The summed E-state index contributed by atoms with van der Waals surface area (Å²) in [7, 11) is 3.58. The molecular formula is C17H36N4O2. The lowest BCUT2D eigenvalue weighted by Gasteiger charge is -2.45. The van der Waals surface area contributed by atoms with Gasteiger partial charge in [0.15, 0.2) is 0 Å². The molecule has 0 aliphatic carbocycles. The van der Waals surface area contributed by atoms with Crippen LogP contribution in [0.4, 0.5) is 4.79 Å². The Morgan fingerprint density at radius 3 is 2.04 bits per heavy atom. The lowest BCUT2D eigenvalue weighted by atomic mass is 9.87. The number of piperazine rings is 1. The molecule has 1 amide bonds. The number of piperidine rings is 1. The predicted octanol–water partition coefficient (Wildman–Crippen LogP) is 1.47. The second-order valence-electron chi connectivity index (χ2n) is 6.41. The molecule has 2 aliphatic rings. The van der Waals surface area contributed by atoms with Crippen molar-refractivity contribution in [1.29, 1.82) is 0 Å². The number of carbonyl (C=O) groups is 1. The maximum Gasteiger partial charge on any atom is 0.407 e. The highest BCUT2D eigenvalue weighted by atomic mass is 16.5. The third kappa shape index (κ3) is 6.28. The van der Waals surface area contributed by atoms with Crippen LogP contribution in [0.2, 0.25) is 0 Å². The second kappa shape index (κ2) is 10.1. The number of carbonyl (C=O) groups excluding carboxylic acids is 1. The van der Waals surface area contributed by atoms with Crippen LogP contribution in [0, 0.1) is 0 Å². The Morgan fingerprint density at radius 1 is 1.04 bits per heavy atom.